The third-order valence-electron chi connectivity index (χ3n) is 2.35. The number of carbonyl (C=O) groups is 1. The lowest BCUT2D eigenvalue weighted by Gasteiger charge is -1.95. The van der Waals surface area contributed by atoms with E-state index in [1.807, 2.05) is 0 Å². The van der Waals surface area contributed by atoms with Crippen LogP contribution in [0.15, 0.2) is 28.7 Å². The van der Waals surface area contributed by atoms with E-state index in [1.54, 1.807) is 18.2 Å². The van der Waals surface area contributed by atoms with Gasteiger partial charge in [-0.05, 0) is 18.6 Å². The van der Waals surface area contributed by atoms with Crippen LogP contribution in [-0.4, -0.2) is 21.3 Å². The van der Waals surface area contributed by atoms with Crippen molar-refractivity contribution in [3.8, 4) is 11.5 Å². The van der Waals surface area contributed by atoms with Gasteiger partial charge in [0.15, 0.2) is 0 Å². The smallest absolute Gasteiger partial charge is 0.303 e. The highest BCUT2D eigenvalue weighted by atomic mass is 19.1. The van der Waals surface area contributed by atoms with Crippen LogP contribution in [0.1, 0.15) is 18.7 Å². The van der Waals surface area contributed by atoms with Crippen LogP contribution in [0.25, 0.3) is 11.5 Å². The molecule has 5 nitrogen and oxygen atoms in total. The van der Waals surface area contributed by atoms with E-state index in [2.05, 4.69) is 10.2 Å². The third-order valence-corrected chi connectivity index (χ3v) is 2.35. The van der Waals surface area contributed by atoms with E-state index in [-0.39, 0.29) is 17.9 Å². The number of nitrogens with zero attached hydrogens (tertiary/aromatic N) is 2. The molecular formula is C12H11FN2O3. The summed E-state index contributed by atoms with van der Waals surface area (Å²) in [6.07, 6.45) is 0.819. The molecule has 0 aliphatic carbocycles. The van der Waals surface area contributed by atoms with Crippen molar-refractivity contribution >= 4 is 5.97 Å². The van der Waals surface area contributed by atoms with Crippen LogP contribution in [0, 0.1) is 5.82 Å². The summed E-state index contributed by atoms with van der Waals surface area (Å²) in [5.74, 6) is -0.880. The Morgan fingerprint density at radius 3 is 2.83 bits per heavy atom. The van der Waals surface area contributed by atoms with Crippen molar-refractivity contribution in [2.75, 3.05) is 0 Å². The molecule has 2 aromatic rings. The van der Waals surface area contributed by atoms with Crippen molar-refractivity contribution in [3.05, 3.63) is 36.0 Å². The van der Waals surface area contributed by atoms with Gasteiger partial charge >= 0.3 is 5.97 Å². The van der Waals surface area contributed by atoms with Gasteiger partial charge in [-0.3, -0.25) is 4.79 Å². The SMILES string of the molecule is O=C(O)CCCc1nnc(-c2ccccc2F)o1. The Morgan fingerprint density at radius 2 is 2.11 bits per heavy atom. The van der Waals surface area contributed by atoms with Crippen LogP contribution in [0.2, 0.25) is 0 Å². The van der Waals surface area contributed by atoms with E-state index in [0.29, 0.717) is 18.7 Å². The molecule has 1 heterocycles. The van der Waals surface area contributed by atoms with Gasteiger partial charge < -0.3 is 9.52 Å². The second-order valence-corrected chi connectivity index (χ2v) is 3.73. The highest BCUT2D eigenvalue weighted by Gasteiger charge is 2.12. The molecule has 0 aliphatic rings. The quantitative estimate of drug-likeness (QED) is 0.880. The van der Waals surface area contributed by atoms with Gasteiger partial charge in [0.1, 0.15) is 5.82 Å². The molecule has 0 radical (unpaired) electrons. The molecule has 1 aromatic carbocycles. The van der Waals surface area contributed by atoms with E-state index in [9.17, 15) is 9.18 Å². The van der Waals surface area contributed by atoms with E-state index < -0.39 is 11.8 Å². The number of aliphatic carboxylic acids is 1. The number of carboxylic acid groups (broad SMARTS) is 1. The molecule has 0 spiro atoms. The lowest BCUT2D eigenvalue weighted by Crippen LogP contribution is -1.95. The minimum Gasteiger partial charge on any atom is -0.481 e. The molecule has 0 saturated heterocycles. The lowest BCUT2D eigenvalue weighted by molar-refractivity contribution is -0.137. The normalized spacial score (nSPS) is 10.5. The van der Waals surface area contributed by atoms with Gasteiger partial charge in [-0.15, -0.1) is 10.2 Å². The van der Waals surface area contributed by atoms with Gasteiger partial charge in [-0.2, -0.15) is 0 Å². The van der Waals surface area contributed by atoms with Gasteiger partial charge in [-0.1, -0.05) is 12.1 Å². The second kappa shape index (κ2) is 5.39. The first-order valence-corrected chi connectivity index (χ1v) is 5.46. The zero-order chi connectivity index (χ0) is 13.0. The lowest BCUT2D eigenvalue weighted by atomic mass is 10.2. The number of carboxylic acids is 1. The Kier molecular flexibility index (Phi) is 3.66. The molecule has 1 aromatic heterocycles. The summed E-state index contributed by atoms with van der Waals surface area (Å²) in [7, 11) is 0. The Bertz CT molecular complexity index is 554. The molecule has 0 atom stereocenters. The number of aromatic nitrogens is 2. The maximum absolute atomic E-state index is 13.4. The Morgan fingerprint density at radius 1 is 1.33 bits per heavy atom. The molecule has 18 heavy (non-hydrogen) atoms. The molecule has 0 fully saturated rings. The second-order valence-electron chi connectivity index (χ2n) is 3.73. The van der Waals surface area contributed by atoms with Crippen molar-refractivity contribution in [3.63, 3.8) is 0 Å². The molecule has 6 heteroatoms. The molecule has 0 aliphatic heterocycles. The van der Waals surface area contributed by atoms with Crippen LogP contribution in [0.5, 0.6) is 0 Å². The van der Waals surface area contributed by atoms with E-state index in [4.69, 9.17) is 9.52 Å². The van der Waals surface area contributed by atoms with E-state index >= 15 is 0 Å². The van der Waals surface area contributed by atoms with Gasteiger partial charge in [0.2, 0.25) is 5.89 Å². The topological polar surface area (TPSA) is 76.2 Å². The predicted octanol–water partition coefficient (Wildman–Crippen LogP) is 2.28. The number of aryl methyl sites for hydroxylation is 1. The zero-order valence-corrected chi connectivity index (χ0v) is 9.47. The highest BCUT2D eigenvalue weighted by molar-refractivity contribution is 5.66. The Hall–Kier alpha value is -2.24. The molecule has 94 valence electrons. The van der Waals surface area contributed by atoms with Crippen LogP contribution in [-0.2, 0) is 11.2 Å². The first-order valence-electron chi connectivity index (χ1n) is 5.46. The first-order chi connectivity index (χ1) is 8.66. The fourth-order valence-electron chi connectivity index (χ4n) is 1.49. The minimum atomic E-state index is -0.871. The average Bonchev–Trinajstić information content (AvgIpc) is 2.78. The van der Waals surface area contributed by atoms with Gasteiger partial charge in [0.25, 0.3) is 5.89 Å². The molecule has 0 saturated carbocycles. The highest BCUT2D eigenvalue weighted by Crippen LogP contribution is 2.21. The van der Waals surface area contributed by atoms with Crippen LogP contribution < -0.4 is 0 Å². The van der Waals surface area contributed by atoms with Gasteiger partial charge in [-0.25, -0.2) is 4.39 Å². The van der Waals surface area contributed by atoms with Crippen LogP contribution in [0.3, 0.4) is 0 Å². The maximum Gasteiger partial charge on any atom is 0.303 e. The average molecular weight is 250 g/mol. The summed E-state index contributed by atoms with van der Waals surface area (Å²) in [6.45, 7) is 0. The molecule has 2 rings (SSSR count). The van der Waals surface area contributed by atoms with E-state index in [1.165, 1.54) is 6.07 Å². The Labute approximate surface area is 102 Å². The molecule has 0 bridgehead atoms. The molecular weight excluding hydrogens is 239 g/mol. The monoisotopic (exact) mass is 250 g/mol. The van der Waals surface area contributed by atoms with Crippen molar-refractivity contribution < 1.29 is 18.7 Å². The summed E-state index contributed by atoms with van der Waals surface area (Å²) >= 11 is 0. The molecule has 1 N–H and O–H groups in total. The molecule has 0 amide bonds. The number of hydrogen-bond acceptors (Lipinski definition) is 4. The zero-order valence-electron chi connectivity index (χ0n) is 9.47. The fraction of sp³-hybridized carbons (Fsp3) is 0.250. The fourth-order valence-corrected chi connectivity index (χ4v) is 1.49. The first kappa shape index (κ1) is 12.2. The van der Waals surface area contributed by atoms with Gasteiger partial charge in [0.05, 0.1) is 5.56 Å². The van der Waals surface area contributed by atoms with Crippen LogP contribution in [0.4, 0.5) is 4.39 Å². The maximum atomic E-state index is 13.4. The number of hydrogen-bond donors (Lipinski definition) is 1. The summed E-state index contributed by atoms with van der Waals surface area (Å²) in [4.78, 5) is 10.3. The number of halogens is 1. The van der Waals surface area contributed by atoms with Crippen molar-refractivity contribution in [1.29, 1.82) is 0 Å². The largest absolute Gasteiger partial charge is 0.481 e. The summed E-state index contributed by atoms with van der Waals surface area (Å²) < 4.78 is 18.7. The van der Waals surface area contributed by atoms with E-state index in [0.717, 1.165) is 0 Å². The number of rotatable bonds is 5. The minimum absolute atomic E-state index is 0.0391. The van der Waals surface area contributed by atoms with Gasteiger partial charge in [0, 0.05) is 12.8 Å². The third kappa shape index (κ3) is 2.91. The van der Waals surface area contributed by atoms with Crippen molar-refractivity contribution in [2.45, 2.75) is 19.3 Å². The standard InChI is InChI=1S/C12H11FN2O3/c13-9-5-2-1-4-8(9)12-15-14-10(18-12)6-3-7-11(16)17/h1-2,4-5H,3,6-7H2,(H,16,17). The van der Waals surface area contributed by atoms with Crippen molar-refractivity contribution in [1.82, 2.24) is 10.2 Å². The van der Waals surface area contributed by atoms with Crippen LogP contribution >= 0.6 is 0 Å². The summed E-state index contributed by atoms with van der Waals surface area (Å²) in [6, 6.07) is 6.10. The molecule has 0 unspecified atom stereocenters. The summed E-state index contributed by atoms with van der Waals surface area (Å²) in [5, 5.41) is 16.0. The summed E-state index contributed by atoms with van der Waals surface area (Å²) in [5.41, 5.74) is 0.245. The Balaban J connectivity index is 2.06. The van der Waals surface area contributed by atoms with Crippen molar-refractivity contribution in [2.24, 2.45) is 0 Å². The number of benzene rings is 1. The predicted molar refractivity (Wildman–Crippen MR) is 60.3 cm³/mol.